The van der Waals surface area contributed by atoms with Crippen molar-refractivity contribution < 1.29 is 4.79 Å². The van der Waals surface area contributed by atoms with E-state index in [1.165, 1.54) is 0 Å². The van der Waals surface area contributed by atoms with Gasteiger partial charge in [0.15, 0.2) is 0 Å². The van der Waals surface area contributed by atoms with Crippen LogP contribution in [0.15, 0.2) is 54.6 Å². The highest BCUT2D eigenvalue weighted by atomic mass is 35.5. The SMILES string of the molecule is O=C(c1cc2cccc(Cl)c2n1Cc1ccccc1)N1CCNCC1. The van der Waals surface area contributed by atoms with Crippen LogP contribution in [0.3, 0.4) is 0 Å². The molecule has 1 fully saturated rings. The van der Waals surface area contributed by atoms with Crippen molar-refractivity contribution >= 4 is 28.4 Å². The molecule has 1 aromatic heterocycles. The van der Waals surface area contributed by atoms with E-state index in [4.69, 9.17) is 11.6 Å². The maximum Gasteiger partial charge on any atom is 0.270 e. The molecule has 4 nitrogen and oxygen atoms in total. The number of hydrogen-bond donors (Lipinski definition) is 1. The normalized spacial score (nSPS) is 14.8. The van der Waals surface area contributed by atoms with E-state index in [9.17, 15) is 4.79 Å². The van der Waals surface area contributed by atoms with Crippen LogP contribution in [0, 0.1) is 0 Å². The molecule has 0 atom stereocenters. The van der Waals surface area contributed by atoms with Crippen molar-refractivity contribution in [1.82, 2.24) is 14.8 Å². The molecule has 2 heterocycles. The van der Waals surface area contributed by atoms with Gasteiger partial charge < -0.3 is 14.8 Å². The zero-order valence-electron chi connectivity index (χ0n) is 13.9. The standard InChI is InChI=1S/C20H20ClN3O/c21-17-8-4-7-16-13-18(20(25)23-11-9-22-10-12-23)24(19(16)17)14-15-5-2-1-3-6-15/h1-8,13,22H,9-12,14H2. The first-order valence-electron chi connectivity index (χ1n) is 8.56. The summed E-state index contributed by atoms with van der Waals surface area (Å²) in [5, 5.41) is 4.97. The molecule has 4 rings (SSSR count). The molecule has 1 N–H and O–H groups in total. The third-order valence-corrected chi connectivity index (χ3v) is 4.98. The lowest BCUT2D eigenvalue weighted by Crippen LogP contribution is -2.46. The summed E-state index contributed by atoms with van der Waals surface area (Å²) in [6, 6.07) is 18.0. The molecule has 1 aliphatic heterocycles. The quantitative estimate of drug-likeness (QED) is 0.783. The van der Waals surface area contributed by atoms with Gasteiger partial charge in [0.2, 0.25) is 0 Å². The summed E-state index contributed by atoms with van der Waals surface area (Å²) in [5.74, 6) is 0.0738. The van der Waals surface area contributed by atoms with Gasteiger partial charge in [-0.25, -0.2) is 0 Å². The van der Waals surface area contributed by atoms with Crippen molar-refractivity contribution in [1.29, 1.82) is 0 Å². The van der Waals surface area contributed by atoms with Gasteiger partial charge in [0.05, 0.1) is 10.5 Å². The zero-order valence-corrected chi connectivity index (χ0v) is 14.7. The van der Waals surface area contributed by atoms with Crippen molar-refractivity contribution in [3.63, 3.8) is 0 Å². The first-order valence-corrected chi connectivity index (χ1v) is 8.93. The fourth-order valence-electron chi connectivity index (χ4n) is 3.42. The fraction of sp³-hybridized carbons (Fsp3) is 0.250. The summed E-state index contributed by atoms with van der Waals surface area (Å²) < 4.78 is 2.05. The molecular weight excluding hydrogens is 334 g/mol. The van der Waals surface area contributed by atoms with E-state index in [0.29, 0.717) is 17.3 Å². The van der Waals surface area contributed by atoms with Gasteiger partial charge in [-0.05, 0) is 17.7 Å². The van der Waals surface area contributed by atoms with Gasteiger partial charge >= 0.3 is 0 Å². The number of rotatable bonds is 3. The maximum absolute atomic E-state index is 13.1. The highest BCUT2D eigenvalue weighted by Crippen LogP contribution is 2.28. The summed E-state index contributed by atoms with van der Waals surface area (Å²) in [6.07, 6.45) is 0. The molecule has 1 saturated heterocycles. The van der Waals surface area contributed by atoms with Crippen LogP contribution < -0.4 is 5.32 Å². The summed E-state index contributed by atoms with van der Waals surface area (Å²) in [5.41, 5.74) is 2.77. The Bertz CT molecular complexity index is 898. The van der Waals surface area contributed by atoms with Crippen molar-refractivity contribution in [2.75, 3.05) is 26.2 Å². The Morgan fingerprint density at radius 1 is 1.04 bits per heavy atom. The molecule has 128 valence electrons. The summed E-state index contributed by atoms with van der Waals surface area (Å²) in [4.78, 5) is 15.0. The smallest absolute Gasteiger partial charge is 0.270 e. The summed E-state index contributed by atoms with van der Waals surface area (Å²) in [6.45, 7) is 3.77. The summed E-state index contributed by atoms with van der Waals surface area (Å²) >= 11 is 6.48. The maximum atomic E-state index is 13.1. The number of nitrogens with zero attached hydrogens (tertiary/aromatic N) is 2. The topological polar surface area (TPSA) is 37.3 Å². The minimum Gasteiger partial charge on any atom is -0.335 e. The number of nitrogens with one attached hydrogen (secondary N) is 1. The van der Waals surface area contributed by atoms with Gasteiger partial charge in [0.25, 0.3) is 5.91 Å². The van der Waals surface area contributed by atoms with Gasteiger partial charge in [-0.1, -0.05) is 54.1 Å². The van der Waals surface area contributed by atoms with E-state index >= 15 is 0 Å². The number of para-hydroxylation sites is 1. The Balaban J connectivity index is 1.81. The number of fused-ring (bicyclic) bond motifs is 1. The Morgan fingerprint density at radius 2 is 1.80 bits per heavy atom. The average molecular weight is 354 g/mol. The molecule has 1 aliphatic rings. The van der Waals surface area contributed by atoms with E-state index in [2.05, 4.69) is 22.0 Å². The average Bonchev–Trinajstić information content (AvgIpc) is 3.02. The van der Waals surface area contributed by atoms with Crippen LogP contribution in [0.25, 0.3) is 10.9 Å². The molecule has 5 heteroatoms. The van der Waals surface area contributed by atoms with Crippen molar-refractivity contribution in [2.45, 2.75) is 6.54 Å². The molecule has 25 heavy (non-hydrogen) atoms. The van der Waals surface area contributed by atoms with Crippen molar-refractivity contribution in [3.8, 4) is 0 Å². The van der Waals surface area contributed by atoms with Crippen LogP contribution in [0.5, 0.6) is 0 Å². The second kappa shape index (κ2) is 6.90. The molecule has 0 aliphatic carbocycles. The first kappa shape index (κ1) is 16.2. The summed E-state index contributed by atoms with van der Waals surface area (Å²) in [7, 11) is 0. The minimum atomic E-state index is 0.0738. The fourth-order valence-corrected chi connectivity index (χ4v) is 3.70. The number of piperazine rings is 1. The Morgan fingerprint density at radius 3 is 2.56 bits per heavy atom. The predicted octanol–water partition coefficient (Wildman–Crippen LogP) is 3.39. The van der Waals surface area contributed by atoms with Crippen molar-refractivity contribution in [2.24, 2.45) is 0 Å². The van der Waals surface area contributed by atoms with Crippen molar-refractivity contribution in [3.05, 3.63) is 70.9 Å². The molecule has 3 aromatic rings. The lowest BCUT2D eigenvalue weighted by atomic mass is 10.2. The van der Waals surface area contributed by atoms with Crippen LogP contribution in [-0.2, 0) is 6.54 Å². The molecule has 0 unspecified atom stereocenters. The van der Waals surface area contributed by atoms with Gasteiger partial charge in [0.1, 0.15) is 5.69 Å². The Hall–Kier alpha value is -2.30. The number of halogens is 1. The van der Waals surface area contributed by atoms with Gasteiger partial charge in [-0.2, -0.15) is 0 Å². The number of hydrogen-bond acceptors (Lipinski definition) is 2. The number of aromatic nitrogens is 1. The zero-order chi connectivity index (χ0) is 17.2. The van der Waals surface area contributed by atoms with Crippen LogP contribution in [0.2, 0.25) is 5.02 Å². The predicted molar refractivity (Wildman–Crippen MR) is 101 cm³/mol. The third kappa shape index (κ3) is 3.15. The van der Waals surface area contributed by atoms with Crippen LogP contribution in [0.4, 0.5) is 0 Å². The monoisotopic (exact) mass is 353 g/mol. The largest absolute Gasteiger partial charge is 0.335 e. The molecule has 0 spiro atoms. The van der Waals surface area contributed by atoms with Crippen LogP contribution in [0.1, 0.15) is 16.1 Å². The molecule has 1 amide bonds. The lowest BCUT2D eigenvalue weighted by Gasteiger charge is -2.28. The highest BCUT2D eigenvalue weighted by molar-refractivity contribution is 6.35. The third-order valence-electron chi connectivity index (χ3n) is 4.68. The molecular formula is C20H20ClN3O. The number of carbonyl (C=O) groups is 1. The van der Waals surface area contributed by atoms with E-state index in [0.717, 1.165) is 42.6 Å². The van der Waals surface area contributed by atoms with E-state index in [1.54, 1.807) is 0 Å². The number of benzene rings is 2. The molecule has 0 bridgehead atoms. The van der Waals surface area contributed by atoms with E-state index in [1.807, 2.05) is 47.4 Å². The second-order valence-electron chi connectivity index (χ2n) is 6.32. The molecule has 0 radical (unpaired) electrons. The minimum absolute atomic E-state index is 0.0738. The van der Waals surface area contributed by atoms with E-state index < -0.39 is 0 Å². The number of carbonyl (C=O) groups excluding carboxylic acids is 1. The van der Waals surface area contributed by atoms with Gasteiger partial charge in [0, 0.05) is 38.1 Å². The highest BCUT2D eigenvalue weighted by Gasteiger charge is 2.23. The second-order valence-corrected chi connectivity index (χ2v) is 6.73. The Kier molecular flexibility index (Phi) is 4.47. The first-order chi connectivity index (χ1) is 12.2. The number of amides is 1. The van der Waals surface area contributed by atoms with Gasteiger partial charge in [-0.15, -0.1) is 0 Å². The van der Waals surface area contributed by atoms with E-state index in [-0.39, 0.29) is 5.91 Å². The molecule has 2 aromatic carbocycles. The van der Waals surface area contributed by atoms with Gasteiger partial charge in [-0.3, -0.25) is 4.79 Å². The Labute approximate surface area is 152 Å². The van der Waals surface area contributed by atoms with Crippen LogP contribution in [-0.4, -0.2) is 41.6 Å². The lowest BCUT2D eigenvalue weighted by molar-refractivity contribution is 0.0726. The molecule has 0 saturated carbocycles. The van der Waals surface area contributed by atoms with Crippen LogP contribution >= 0.6 is 11.6 Å².